The number of aliphatic carboxylic acids is 1. The molecule has 0 fully saturated rings. The van der Waals surface area contributed by atoms with E-state index in [0.29, 0.717) is 12.4 Å². The molecular weight excluding hydrogens is 212 g/mol. The van der Waals surface area contributed by atoms with E-state index >= 15 is 0 Å². The van der Waals surface area contributed by atoms with Crippen molar-refractivity contribution in [1.29, 1.82) is 0 Å². The Morgan fingerprint density at radius 3 is 3.20 bits per heavy atom. The third kappa shape index (κ3) is 2.26. The van der Waals surface area contributed by atoms with Crippen LogP contribution >= 0.6 is 11.8 Å². The van der Waals surface area contributed by atoms with E-state index in [1.165, 1.54) is 0 Å². The summed E-state index contributed by atoms with van der Waals surface area (Å²) in [5.41, 5.74) is 1.06. The van der Waals surface area contributed by atoms with Crippen LogP contribution in [0.1, 0.15) is 12.5 Å². The van der Waals surface area contributed by atoms with Gasteiger partial charge in [0.2, 0.25) is 0 Å². The molecule has 1 atom stereocenters. The number of thioether (sulfide) groups is 1. The van der Waals surface area contributed by atoms with E-state index in [4.69, 9.17) is 9.84 Å². The van der Waals surface area contributed by atoms with Gasteiger partial charge in [0.05, 0.1) is 10.8 Å². The molecule has 1 N–H and O–H groups in total. The van der Waals surface area contributed by atoms with Gasteiger partial charge in [-0.2, -0.15) is 0 Å². The molecule has 1 aromatic rings. The predicted molar refractivity (Wildman–Crippen MR) is 58.3 cm³/mol. The maximum Gasteiger partial charge on any atom is 0.306 e. The van der Waals surface area contributed by atoms with Gasteiger partial charge in [-0.25, -0.2) is 0 Å². The van der Waals surface area contributed by atoms with Crippen molar-refractivity contribution in [3.63, 3.8) is 0 Å². The van der Waals surface area contributed by atoms with E-state index in [0.717, 1.165) is 16.2 Å². The normalized spacial score (nSPS) is 15.5. The Hall–Kier alpha value is -1.16. The first-order valence-corrected chi connectivity index (χ1v) is 5.76. The van der Waals surface area contributed by atoms with Gasteiger partial charge >= 0.3 is 5.97 Å². The first-order valence-electron chi connectivity index (χ1n) is 4.78. The highest BCUT2D eigenvalue weighted by molar-refractivity contribution is 7.99. The second-order valence-corrected chi connectivity index (χ2v) is 4.60. The van der Waals surface area contributed by atoms with E-state index in [1.54, 1.807) is 18.7 Å². The first-order chi connectivity index (χ1) is 7.16. The molecule has 15 heavy (non-hydrogen) atoms. The van der Waals surface area contributed by atoms with Crippen LogP contribution in [0.4, 0.5) is 0 Å². The molecule has 80 valence electrons. The molecule has 1 heterocycles. The molecule has 0 radical (unpaired) electrons. The molecule has 0 aliphatic carbocycles. The number of carboxylic acids is 1. The van der Waals surface area contributed by atoms with Crippen molar-refractivity contribution in [3.05, 3.63) is 23.8 Å². The summed E-state index contributed by atoms with van der Waals surface area (Å²) in [5.74, 6) is 0.481. The lowest BCUT2D eigenvalue weighted by molar-refractivity contribution is -0.141. The zero-order valence-electron chi connectivity index (χ0n) is 8.40. The van der Waals surface area contributed by atoms with Crippen LogP contribution < -0.4 is 4.74 Å². The van der Waals surface area contributed by atoms with Crippen LogP contribution in [0.25, 0.3) is 0 Å². The second-order valence-electron chi connectivity index (χ2n) is 3.63. The third-order valence-electron chi connectivity index (χ3n) is 2.40. The van der Waals surface area contributed by atoms with Crippen LogP contribution in [-0.2, 0) is 11.2 Å². The maximum absolute atomic E-state index is 10.7. The Morgan fingerprint density at radius 2 is 2.47 bits per heavy atom. The fourth-order valence-electron chi connectivity index (χ4n) is 1.51. The standard InChI is InChI=1S/C11H12O3S/c1-7(11(12)13)4-8-2-3-9-10(5-8)15-6-14-9/h2-3,5,7H,4,6H2,1H3,(H,12,13). The number of fused-ring (bicyclic) bond motifs is 1. The van der Waals surface area contributed by atoms with E-state index in [-0.39, 0.29) is 5.92 Å². The fourth-order valence-corrected chi connectivity index (χ4v) is 2.33. The van der Waals surface area contributed by atoms with Gasteiger partial charge in [-0.1, -0.05) is 24.8 Å². The summed E-state index contributed by atoms with van der Waals surface area (Å²) in [5, 5.41) is 8.81. The van der Waals surface area contributed by atoms with Gasteiger partial charge in [-0.3, -0.25) is 4.79 Å². The monoisotopic (exact) mass is 224 g/mol. The van der Waals surface area contributed by atoms with Gasteiger partial charge < -0.3 is 9.84 Å². The molecule has 1 aromatic carbocycles. The molecule has 1 aliphatic heterocycles. The zero-order valence-corrected chi connectivity index (χ0v) is 9.21. The van der Waals surface area contributed by atoms with Crippen LogP contribution in [0, 0.1) is 5.92 Å². The Balaban J connectivity index is 2.13. The molecule has 2 rings (SSSR count). The third-order valence-corrected chi connectivity index (χ3v) is 3.27. The molecule has 0 spiro atoms. The fraction of sp³-hybridized carbons (Fsp3) is 0.364. The van der Waals surface area contributed by atoms with Crippen molar-refractivity contribution >= 4 is 17.7 Å². The quantitative estimate of drug-likeness (QED) is 0.856. The summed E-state index contributed by atoms with van der Waals surface area (Å²) in [6.07, 6.45) is 0.573. The van der Waals surface area contributed by atoms with Crippen LogP contribution in [0.5, 0.6) is 5.75 Å². The largest absolute Gasteiger partial charge is 0.481 e. The lowest BCUT2D eigenvalue weighted by atomic mass is 10.0. The summed E-state index contributed by atoms with van der Waals surface area (Å²) >= 11 is 1.65. The van der Waals surface area contributed by atoms with Crippen molar-refractivity contribution in [1.82, 2.24) is 0 Å². The molecule has 0 bridgehead atoms. The van der Waals surface area contributed by atoms with Crippen LogP contribution in [0.15, 0.2) is 23.1 Å². The van der Waals surface area contributed by atoms with Gasteiger partial charge in [-0.05, 0) is 24.1 Å². The Kier molecular flexibility index (Phi) is 2.86. The second kappa shape index (κ2) is 4.14. The van der Waals surface area contributed by atoms with E-state index < -0.39 is 5.97 Å². The minimum absolute atomic E-state index is 0.338. The number of carboxylic acid groups (broad SMARTS) is 1. The Bertz CT molecular complexity index is 389. The van der Waals surface area contributed by atoms with Gasteiger partial charge in [-0.15, -0.1) is 0 Å². The maximum atomic E-state index is 10.7. The highest BCUT2D eigenvalue weighted by Gasteiger charge is 2.16. The predicted octanol–water partition coefficient (Wildman–Crippen LogP) is 2.39. The van der Waals surface area contributed by atoms with Gasteiger partial charge in [0.25, 0.3) is 0 Å². The number of rotatable bonds is 3. The number of ether oxygens (including phenoxy) is 1. The highest BCUT2D eigenvalue weighted by Crippen LogP contribution is 2.36. The molecule has 1 unspecified atom stereocenters. The van der Waals surface area contributed by atoms with Gasteiger partial charge in [0.1, 0.15) is 11.7 Å². The SMILES string of the molecule is CC(Cc1ccc2c(c1)SCO2)C(=O)O. The zero-order chi connectivity index (χ0) is 10.8. The summed E-state index contributed by atoms with van der Waals surface area (Å²) in [7, 11) is 0. The van der Waals surface area contributed by atoms with Crippen LogP contribution in [-0.4, -0.2) is 17.0 Å². The molecule has 4 heteroatoms. The molecule has 0 saturated heterocycles. The average molecular weight is 224 g/mol. The van der Waals surface area contributed by atoms with Crippen LogP contribution in [0.2, 0.25) is 0 Å². The highest BCUT2D eigenvalue weighted by atomic mass is 32.2. The van der Waals surface area contributed by atoms with Crippen molar-refractivity contribution in [2.24, 2.45) is 5.92 Å². The van der Waals surface area contributed by atoms with E-state index in [9.17, 15) is 4.79 Å². The number of hydrogen-bond donors (Lipinski definition) is 1. The van der Waals surface area contributed by atoms with Gasteiger partial charge in [0, 0.05) is 0 Å². The lowest BCUT2D eigenvalue weighted by Crippen LogP contribution is -2.12. The summed E-state index contributed by atoms with van der Waals surface area (Å²) in [6.45, 7) is 1.72. The summed E-state index contributed by atoms with van der Waals surface area (Å²) in [6, 6.07) is 5.87. The number of carbonyl (C=O) groups is 1. The van der Waals surface area contributed by atoms with Gasteiger partial charge in [0.15, 0.2) is 0 Å². The molecule has 1 aliphatic rings. The molecule has 0 amide bonds. The topological polar surface area (TPSA) is 46.5 Å². The molecule has 0 saturated carbocycles. The average Bonchev–Trinajstić information content (AvgIpc) is 2.64. The summed E-state index contributed by atoms with van der Waals surface area (Å²) in [4.78, 5) is 11.8. The van der Waals surface area contributed by atoms with E-state index in [1.807, 2.05) is 18.2 Å². The first kappa shape index (κ1) is 10.4. The van der Waals surface area contributed by atoms with Crippen LogP contribution in [0.3, 0.4) is 0 Å². The van der Waals surface area contributed by atoms with Crippen molar-refractivity contribution in [2.75, 3.05) is 5.94 Å². The van der Waals surface area contributed by atoms with Crippen molar-refractivity contribution in [3.8, 4) is 5.75 Å². The summed E-state index contributed by atoms with van der Waals surface area (Å²) < 4.78 is 5.35. The molecular formula is C11H12O3S. The number of benzene rings is 1. The smallest absolute Gasteiger partial charge is 0.306 e. The minimum atomic E-state index is -0.751. The Labute approximate surface area is 92.4 Å². The Morgan fingerprint density at radius 1 is 1.67 bits per heavy atom. The molecule has 0 aromatic heterocycles. The lowest BCUT2D eigenvalue weighted by Gasteiger charge is -2.07. The minimum Gasteiger partial charge on any atom is -0.481 e. The van der Waals surface area contributed by atoms with Crippen molar-refractivity contribution in [2.45, 2.75) is 18.2 Å². The molecule has 3 nitrogen and oxygen atoms in total. The van der Waals surface area contributed by atoms with Crippen molar-refractivity contribution < 1.29 is 14.6 Å². The number of hydrogen-bond acceptors (Lipinski definition) is 3. The van der Waals surface area contributed by atoms with E-state index in [2.05, 4.69) is 0 Å².